The molecule has 28 heavy (non-hydrogen) atoms. The van der Waals surface area contributed by atoms with Crippen LogP contribution in [0.2, 0.25) is 0 Å². The second kappa shape index (κ2) is 11.4. The lowest BCUT2D eigenvalue weighted by atomic mass is 9.96. The Kier molecular flexibility index (Phi) is 8.94. The number of hydrogen-bond donors (Lipinski definition) is 2. The number of carbonyl (C=O) groups excluding carboxylic acids is 1. The average Bonchev–Trinajstić information content (AvgIpc) is 3.24. The summed E-state index contributed by atoms with van der Waals surface area (Å²) in [6, 6.07) is 10.7. The van der Waals surface area contributed by atoms with Crippen LogP contribution >= 0.6 is 0 Å². The molecule has 7 nitrogen and oxygen atoms in total. The SMILES string of the molecule is O=C(C1CCCN(CCCc2ccccc2)C1)N1CCCC1.O=C(O)C(=O)O. The molecule has 2 N–H and O–H groups in total. The van der Waals surface area contributed by atoms with Gasteiger partial charge in [-0.25, -0.2) is 9.59 Å². The first-order chi connectivity index (χ1) is 13.5. The highest BCUT2D eigenvalue weighted by Crippen LogP contribution is 2.21. The number of rotatable bonds is 5. The number of likely N-dealkylation sites (tertiary alicyclic amines) is 2. The van der Waals surface area contributed by atoms with E-state index >= 15 is 0 Å². The average molecular weight is 390 g/mol. The number of piperidine rings is 1. The van der Waals surface area contributed by atoms with Crippen molar-refractivity contribution in [3.8, 4) is 0 Å². The van der Waals surface area contributed by atoms with Gasteiger partial charge in [0.1, 0.15) is 0 Å². The van der Waals surface area contributed by atoms with Crippen molar-refractivity contribution in [1.82, 2.24) is 9.80 Å². The van der Waals surface area contributed by atoms with E-state index in [2.05, 4.69) is 40.1 Å². The van der Waals surface area contributed by atoms with Crippen molar-refractivity contribution in [2.45, 2.75) is 38.5 Å². The van der Waals surface area contributed by atoms with Gasteiger partial charge in [-0.1, -0.05) is 30.3 Å². The molecular weight excluding hydrogens is 360 g/mol. The highest BCUT2D eigenvalue weighted by atomic mass is 16.4. The van der Waals surface area contributed by atoms with Crippen molar-refractivity contribution in [2.24, 2.45) is 5.92 Å². The lowest BCUT2D eigenvalue weighted by Gasteiger charge is -2.33. The lowest BCUT2D eigenvalue weighted by Crippen LogP contribution is -2.44. The fourth-order valence-electron chi connectivity index (χ4n) is 3.81. The maximum absolute atomic E-state index is 12.5. The Morgan fingerprint density at radius 3 is 2.18 bits per heavy atom. The third kappa shape index (κ3) is 7.31. The summed E-state index contributed by atoms with van der Waals surface area (Å²) < 4.78 is 0. The number of carbonyl (C=O) groups is 3. The van der Waals surface area contributed by atoms with Crippen LogP contribution in [0, 0.1) is 5.92 Å². The summed E-state index contributed by atoms with van der Waals surface area (Å²) in [5.41, 5.74) is 1.42. The van der Waals surface area contributed by atoms with Crippen LogP contribution in [0.3, 0.4) is 0 Å². The van der Waals surface area contributed by atoms with Gasteiger partial charge in [-0.3, -0.25) is 4.79 Å². The molecule has 3 rings (SSSR count). The van der Waals surface area contributed by atoms with Crippen LogP contribution in [0.1, 0.15) is 37.7 Å². The minimum atomic E-state index is -1.82. The van der Waals surface area contributed by atoms with Gasteiger partial charge in [0.2, 0.25) is 5.91 Å². The van der Waals surface area contributed by atoms with Gasteiger partial charge in [0.15, 0.2) is 0 Å². The normalized spacial score (nSPS) is 19.6. The molecule has 2 heterocycles. The molecule has 0 aliphatic carbocycles. The highest BCUT2D eigenvalue weighted by Gasteiger charge is 2.30. The molecule has 0 bridgehead atoms. The Morgan fingerprint density at radius 1 is 0.929 bits per heavy atom. The molecule has 1 aromatic carbocycles. The van der Waals surface area contributed by atoms with E-state index in [1.54, 1.807) is 0 Å². The Hall–Kier alpha value is -2.41. The van der Waals surface area contributed by atoms with Gasteiger partial charge in [-0.15, -0.1) is 0 Å². The van der Waals surface area contributed by atoms with E-state index in [1.165, 1.54) is 37.8 Å². The lowest BCUT2D eigenvalue weighted by molar-refractivity contribution is -0.159. The summed E-state index contributed by atoms with van der Waals surface area (Å²) in [5, 5.41) is 14.8. The third-order valence-corrected chi connectivity index (χ3v) is 5.24. The molecule has 154 valence electrons. The zero-order chi connectivity index (χ0) is 20.4. The molecule has 0 aromatic heterocycles. The summed E-state index contributed by atoms with van der Waals surface area (Å²) >= 11 is 0. The van der Waals surface area contributed by atoms with Crippen molar-refractivity contribution in [3.05, 3.63) is 35.9 Å². The Labute approximate surface area is 165 Å². The monoisotopic (exact) mass is 390 g/mol. The second-order valence-corrected chi connectivity index (χ2v) is 7.37. The predicted octanol–water partition coefficient (Wildman–Crippen LogP) is 2.11. The maximum Gasteiger partial charge on any atom is 0.414 e. The first-order valence-electron chi connectivity index (χ1n) is 9.98. The number of aliphatic carboxylic acids is 2. The molecule has 7 heteroatoms. The van der Waals surface area contributed by atoms with E-state index < -0.39 is 11.9 Å². The van der Waals surface area contributed by atoms with Gasteiger partial charge >= 0.3 is 11.9 Å². The molecule has 2 fully saturated rings. The zero-order valence-corrected chi connectivity index (χ0v) is 16.3. The quantitative estimate of drug-likeness (QED) is 0.747. The number of hydrogen-bond acceptors (Lipinski definition) is 4. The molecular formula is C21H30N2O5. The van der Waals surface area contributed by atoms with Gasteiger partial charge in [-0.05, 0) is 57.2 Å². The van der Waals surface area contributed by atoms with Crippen LogP contribution in [-0.4, -0.2) is 70.6 Å². The van der Waals surface area contributed by atoms with Crippen molar-refractivity contribution in [1.29, 1.82) is 0 Å². The minimum absolute atomic E-state index is 0.253. The predicted molar refractivity (Wildman–Crippen MR) is 105 cm³/mol. The number of aryl methyl sites for hydroxylation is 1. The van der Waals surface area contributed by atoms with Crippen LogP contribution in [0.4, 0.5) is 0 Å². The summed E-state index contributed by atoms with van der Waals surface area (Å²) in [5.74, 6) is -2.97. The van der Waals surface area contributed by atoms with E-state index in [4.69, 9.17) is 19.8 Å². The smallest absolute Gasteiger partial charge is 0.414 e. The Balaban J connectivity index is 0.000000409. The number of benzene rings is 1. The number of carboxylic acid groups (broad SMARTS) is 2. The van der Waals surface area contributed by atoms with E-state index in [1.807, 2.05) is 0 Å². The Morgan fingerprint density at radius 2 is 1.57 bits per heavy atom. The van der Waals surface area contributed by atoms with Crippen molar-refractivity contribution < 1.29 is 24.6 Å². The molecule has 0 spiro atoms. The van der Waals surface area contributed by atoms with Crippen LogP contribution in [0.15, 0.2) is 30.3 Å². The van der Waals surface area contributed by atoms with E-state index in [-0.39, 0.29) is 5.92 Å². The van der Waals surface area contributed by atoms with E-state index in [9.17, 15) is 4.79 Å². The van der Waals surface area contributed by atoms with Crippen LogP contribution in [-0.2, 0) is 20.8 Å². The summed E-state index contributed by atoms with van der Waals surface area (Å²) in [6.07, 6.45) is 6.98. The molecule has 2 aliphatic heterocycles. The molecule has 1 atom stereocenters. The summed E-state index contributed by atoms with van der Waals surface area (Å²) in [6.45, 7) is 5.24. The summed E-state index contributed by atoms with van der Waals surface area (Å²) in [7, 11) is 0. The molecule has 0 saturated carbocycles. The molecule has 1 unspecified atom stereocenters. The topological polar surface area (TPSA) is 98.2 Å². The van der Waals surface area contributed by atoms with E-state index in [0.717, 1.165) is 39.0 Å². The van der Waals surface area contributed by atoms with Crippen molar-refractivity contribution >= 4 is 17.8 Å². The molecule has 1 aromatic rings. The molecule has 2 aliphatic rings. The van der Waals surface area contributed by atoms with Gasteiger partial charge < -0.3 is 20.0 Å². The minimum Gasteiger partial charge on any atom is -0.473 e. The largest absolute Gasteiger partial charge is 0.473 e. The second-order valence-electron chi connectivity index (χ2n) is 7.37. The molecule has 1 amide bonds. The van der Waals surface area contributed by atoms with Crippen LogP contribution < -0.4 is 0 Å². The van der Waals surface area contributed by atoms with Gasteiger partial charge in [0.25, 0.3) is 0 Å². The number of amides is 1. The molecule has 0 radical (unpaired) electrons. The van der Waals surface area contributed by atoms with Crippen molar-refractivity contribution in [2.75, 3.05) is 32.7 Å². The van der Waals surface area contributed by atoms with Gasteiger partial charge in [0, 0.05) is 19.6 Å². The zero-order valence-electron chi connectivity index (χ0n) is 16.3. The fourth-order valence-corrected chi connectivity index (χ4v) is 3.81. The maximum atomic E-state index is 12.5. The first kappa shape index (κ1) is 21.9. The molecule has 2 saturated heterocycles. The fraction of sp³-hybridized carbons (Fsp3) is 0.571. The van der Waals surface area contributed by atoms with Crippen LogP contribution in [0.25, 0.3) is 0 Å². The van der Waals surface area contributed by atoms with Crippen molar-refractivity contribution in [3.63, 3.8) is 0 Å². The van der Waals surface area contributed by atoms with Gasteiger partial charge in [0.05, 0.1) is 5.92 Å². The van der Waals surface area contributed by atoms with Crippen LogP contribution in [0.5, 0.6) is 0 Å². The summed E-state index contributed by atoms with van der Waals surface area (Å²) in [4.78, 5) is 35.3. The first-order valence-corrected chi connectivity index (χ1v) is 9.98. The third-order valence-electron chi connectivity index (χ3n) is 5.24. The standard InChI is InChI=1S/C19H28N2O.C2H2O4/c22-19(21-14-4-5-15-21)18-11-7-13-20(16-18)12-6-10-17-8-2-1-3-9-17;3-1(4)2(5)6/h1-3,8-9,18H,4-7,10-16H2;(H,3,4)(H,5,6). The highest BCUT2D eigenvalue weighted by molar-refractivity contribution is 6.27. The van der Waals surface area contributed by atoms with E-state index in [0.29, 0.717) is 5.91 Å². The number of nitrogens with zero attached hydrogens (tertiary/aromatic N) is 2. The number of carboxylic acids is 2. The Bertz CT molecular complexity index is 631. The van der Waals surface area contributed by atoms with Gasteiger partial charge in [-0.2, -0.15) is 0 Å².